The van der Waals surface area contributed by atoms with Gasteiger partial charge in [-0.2, -0.15) is 0 Å². The Hall–Kier alpha value is -4.30. The first-order valence-electron chi connectivity index (χ1n) is 18.9. The van der Waals surface area contributed by atoms with Crippen LogP contribution in [0.3, 0.4) is 0 Å². The van der Waals surface area contributed by atoms with Gasteiger partial charge in [0.15, 0.2) is 0 Å². The summed E-state index contributed by atoms with van der Waals surface area (Å²) in [5.41, 5.74) is 15.4. The van der Waals surface area contributed by atoms with E-state index in [4.69, 9.17) is 9.97 Å². The van der Waals surface area contributed by atoms with Crippen LogP contribution in [0, 0.1) is 3.57 Å². The number of rotatable bonds is 14. The molecule has 0 amide bonds. The molecular weight excluding hydrogens is 737 g/mol. The standard InChI is InChI=1S/C45H48IN5/c1-3-5-7-9-11-13-34-36-19-23-40(48-36)44(31-15-17-33(46)18-16-31)41-24-20-37(49-41)35(14-12-10-8-6-4-2)39-22-26-43(51-39)45(32-27-29-47-30-28-32)42-25-21-38(34)50-42/h15-30,48-49H,3-14H2,1-2H3. The van der Waals surface area contributed by atoms with Crippen LogP contribution in [-0.4, -0.2) is 24.9 Å². The second kappa shape index (κ2) is 16.8. The third-order valence-corrected chi connectivity index (χ3v) is 10.9. The molecule has 260 valence electrons. The highest BCUT2D eigenvalue weighted by molar-refractivity contribution is 14.1. The molecule has 6 heterocycles. The number of pyridine rings is 1. The number of nitrogens with zero attached hydrogens (tertiary/aromatic N) is 3. The molecule has 5 nitrogen and oxygen atoms in total. The molecule has 0 atom stereocenters. The molecule has 51 heavy (non-hydrogen) atoms. The van der Waals surface area contributed by atoms with E-state index in [0.717, 1.165) is 81.7 Å². The van der Waals surface area contributed by atoms with Crippen LogP contribution in [0.25, 0.3) is 68.6 Å². The summed E-state index contributed by atoms with van der Waals surface area (Å²) in [6.45, 7) is 4.55. The summed E-state index contributed by atoms with van der Waals surface area (Å²) in [5, 5.41) is 0. The SMILES string of the molecule is CCCCCCCc1c2nc(c(-c3ccncc3)c3nc(c(CCCCCCC)c4ccc([nH]4)c(-c4ccc(I)cc4)c4ccc1[nH]4)C=C3)C=C2. The molecule has 1 aromatic carbocycles. The molecule has 8 bridgehead atoms. The van der Waals surface area contributed by atoms with Gasteiger partial charge in [-0.1, -0.05) is 77.3 Å². The molecule has 0 saturated heterocycles. The Morgan fingerprint density at radius 2 is 0.922 bits per heavy atom. The average molecular weight is 786 g/mol. The number of aromatic nitrogens is 5. The lowest BCUT2D eigenvalue weighted by Gasteiger charge is -2.07. The van der Waals surface area contributed by atoms with Gasteiger partial charge in [0.2, 0.25) is 0 Å². The van der Waals surface area contributed by atoms with E-state index in [1.165, 1.54) is 77.2 Å². The highest BCUT2D eigenvalue weighted by Crippen LogP contribution is 2.35. The highest BCUT2D eigenvalue weighted by atomic mass is 127. The lowest BCUT2D eigenvalue weighted by Crippen LogP contribution is -1.94. The highest BCUT2D eigenvalue weighted by Gasteiger charge is 2.18. The van der Waals surface area contributed by atoms with E-state index < -0.39 is 0 Å². The van der Waals surface area contributed by atoms with E-state index >= 15 is 0 Å². The molecule has 0 spiro atoms. The van der Waals surface area contributed by atoms with Gasteiger partial charge in [0.25, 0.3) is 0 Å². The van der Waals surface area contributed by atoms with E-state index in [1.54, 1.807) is 0 Å². The summed E-state index contributed by atoms with van der Waals surface area (Å²) in [5.74, 6) is 0. The zero-order valence-corrected chi connectivity index (χ0v) is 32.1. The molecule has 0 aliphatic carbocycles. The second-order valence-electron chi connectivity index (χ2n) is 13.8. The predicted octanol–water partition coefficient (Wildman–Crippen LogP) is 13.0. The number of H-pyrrole nitrogens is 2. The van der Waals surface area contributed by atoms with Gasteiger partial charge >= 0.3 is 0 Å². The van der Waals surface area contributed by atoms with Gasteiger partial charge in [-0.15, -0.1) is 0 Å². The van der Waals surface area contributed by atoms with Crippen molar-refractivity contribution in [2.45, 2.75) is 90.9 Å². The fourth-order valence-corrected chi connectivity index (χ4v) is 7.76. The second-order valence-corrected chi connectivity index (χ2v) is 15.0. The maximum Gasteiger partial charge on any atom is 0.0737 e. The minimum absolute atomic E-state index is 0.942. The number of unbranched alkanes of at least 4 members (excludes halogenated alkanes) is 8. The van der Waals surface area contributed by atoms with Crippen molar-refractivity contribution in [1.82, 2.24) is 24.9 Å². The molecule has 0 unspecified atom stereocenters. The maximum atomic E-state index is 5.38. The largest absolute Gasteiger partial charge is 0.355 e. The summed E-state index contributed by atoms with van der Waals surface area (Å²) in [4.78, 5) is 22.9. The summed E-state index contributed by atoms with van der Waals surface area (Å²) in [7, 11) is 0. The molecular formula is C45H48IN5. The molecule has 7 rings (SSSR count). The van der Waals surface area contributed by atoms with Gasteiger partial charge < -0.3 is 9.97 Å². The fraction of sp³-hybridized carbons (Fsp3) is 0.311. The van der Waals surface area contributed by atoms with Crippen molar-refractivity contribution in [3.63, 3.8) is 0 Å². The number of aromatic amines is 2. The zero-order chi connectivity index (χ0) is 35.0. The third kappa shape index (κ3) is 8.12. The summed E-state index contributed by atoms with van der Waals surface area (Å²) in [6, 6.07) is 22.0. The Balaban J connectivity index is 1.52. The van der Waals surface area contributed by atoms with Gasteiger partial charge in [-0.3, -0.25) is 4.98 Å². The van der Waals surface area contributed by atoms with Crippen molar-refractivity contribution in [2.75, 3.05) is 0 Å². The van der Waals surface area contributed by atoms with Crippen molar-refractivity contribution in [1.29, 1.82) is 0 Å². The van der Waals surface area contributed by atoms with Crippen molar-refractivity contribution < 1.29 is 0 Å². The first-order valence-corrected chi connectivity index (χ1v) is 20.0. The first kappa shape index (κ1) is 35.1. The van der Waals surface area contributed by atoms with E-state index in [0.29, 0.717) is 0 Å². The monoisotopic (exact) mass is 785 g/mol. The lowest BCUT2D eigenvalue weighted by atomic mass is 10.0. The van der Waals surface area contributed by atoms with Crippen LogP contribution in [0.1, 0.15) is 112 Å². The quantitative estimate of drug-likeness (QED) is 0.0852. The first-order chi connectivity index (χ1) is 25.1. The number of nitrogens with one attached hydrogen (secondary N) is 2. The Morgan fingerprint density at radius 3 is 1.43 bits per heavy atom. The molecule has 2 aliphatic rings. The predicted molar refractivity (Wildman–Crippen MR) is 225 cm³/mol. The van der Waals surface area contributed by atoms with Crippen molar-refractivity contribution in [3.8, 4) is 22.3 Å². The van der Waals surface area contributed by atoms with E-state index in [-0.39, 0.29) is 0 Å². The minimum Gasteiger partial charge on any atom is -0.355 e. The number of halogens is 1. The Labute approximate surface area is 316 Å². The van der Waals surface area contributed by atoms with E-state index in [1.807, 2.05) is 12.4 Å². The number of hydrogen-bond donors (Lipinski definition) is 2. The smallest absolute Gasteiger partial charge is 0.0737 e. The third-order valence-electron chi connectivity index (χ3n) is 10.1. The lowest BCUT2D eigenvalue weighted by molar-refractivity contribution is 0.632. The van der Waals surface area contributed by atoms with Crippen LogP contribution in [0.4, 0.5) is 0 Å². The van der Waals surface area contributed by atoms with Crippen LogP contribution < -0.4 is 0 Å². The summed E-state index contributed by atoms with van der Waals surface area (Å²) in [6.07, 6.45) is 26.7. The average Bonchev–Trinajstić information content (AvgIpc) is 3.99. The molecule has 2 N–H and O–H groups in total. The van der Waals surface area contributed by atoms with Crippen LogP contribution >= 0.6 is 22.6 Å². The normalized spacial score (nSPS) is 12.2. The van der Waals surface area contributed by atoms with Crippen LogP contribution in [-0.2, 0) is 12.8 Å². The Bertz CT molecular complexity index is 2080. The Kier molecular flexibility index (Phi) is 11.6. The van der Waals surface area contributed by atoms with E-state index in [9.17, 15) is 0 Å². The minimum atomic E-state index is 0.942. The molecule has 6 heteroatoms. The zero-order valence-electron chi connectivity index (χ0n) is 29.9. The maximum absolute atomic E-state index is 5.38. The Morgan fingerprint density at radius 1 is 0.471 bits per heavy atom. The van der Waals surface area contributed by atoms with Gasteiger partial charge in [0.1, 0.15) is 0 Å². The fourth-order valence-electron chi connectivity index (χ4n) is 7.40. The van der Waals surface area contributed by atoms with Crippen molar-refractivity contribution >= 4 is 69.0 Å². The number of fused-ring (bicyclic) bond motifs is 8. The number of aryl methyl sites for hydroxylation is 2. The summed E-state index contributed by atoms with van der Waals surface area (Å²) < 4.78 is 1.22. The molecule has 0 fully saturated rings. The van der Waals surface area contributed by atoms with E-state index in [2.05, 4.69) is 136 Å². The topological polar surface area (TPSA) is 70.2 Å². The van der Waals surface area contributed by atoms with Crippen LogP contribution in [0.5, 0.6) is 0 Å². The van der Waals surface area contributed by atoms with Gasteiger partial charge in [-0.25, -0.2) is 9.97 Å². The molecule has 2 aliphatic heterocycles. The van der Waals surface area contributed by atoms with Gasteiger partial charge in [0, 0.05) is 60.3 Å². The van der Waals surface area contributed by atoms with Crippen molar-refractivity contribution in [2.24, 2.45) is 0 Å². The number of benzene rings is 1. The van der Waals surface area contributed by atoms with Crippen molar-refractivity contribution in [3.05, 3.63) is 111 Å². The molecule has 4 aromatic heterocycles. The van der Waals surface area contributed by atoms with Gasteiger partial charge in [0.05, 0.1) is 22.8 Å². The number of hydrogen-bond acceptors (Lipinski definition) is 3. The summed E-state index contributed by atoms with van der Waals surface area (Å²) >= 11 is 2.39. The molecule has 0 saturated carbocycles. The molecule has 0 radical (unpaired) electrons. The van der Waals surface area contributed by atoms with Gasteiger partial charge in [-0.05, 0) is 132 Å². The van der Waals surface area contributed by atoms with Crippen LogP contribution in [0.15, 0.2) is 73.1 Å². The van der Waals surface area contributed by atoms with Crippen LogP contribution in [0.2, 0.25) is 0 Å². The molecule has 5 aromatic rings.